The van der Waals surface area contributed by atoms with Gasteiger partial charge in [-0.05, 0) is 50.8 Å². The van der Waals surface area contributed by atoms with Crippen LogP contribution in [0.5, 0.6) is 0 Å². The van der Waals surface area contributed by atoms with Gasteiger partial charge in [0.25, 0.3) is 11.1 Å². The molecule has 0 N–H and O–H groups in total. The number of likely N-dealkylation sites (tertiary alicyclic amines) is 1. The fourth-order valence-corrected chi connectivity index (χ4v) is 3.64. The Balaban J connectivity index is 1.29. The number of piperidine rings is 1. The zero-order valence-corrected chi connectivity index (χ0v) is 15.0. The maximum atomic E-state index is 12.1. The number of hydrogen-bond acceptors (Lipinski definition) is 5. The first-order valence-corrected chi connectivity index (χ1v) is 9.50. The van der Waals surface area contributed by atoms with Crippen LogP contribution in [0.15, 0.2) is 40.3 Å². The Morgan fingerprint density at radius 1 is 1.00 bits per heavy atom. The molecule has 0 spiro atoms. The van der Waals surface area contributed by atoms with Crippen LogP contribution in [0.3, 0.4) is 0 Å². The highest BCUT2D eigenvalue weighted by Crippen LogP contribution is 2.38. The van der Waals surface area contributed by atoms with Crippen molar-refractivity contribution in [3.05, 3.63) is 57.1 Å². The van der Waals surface area contributed by atoms with Crippen molar-refractivity contribution in [2.24, 2.45) is 5.92 Å². The highest BCUT2D eigenvalue weighted by Gasteiger charge is 2.26. The summed E-state index contributed by atoms with van der Waals surface area (Å²) in [6, 6.07) is 3.56. The van der Waals surface area contributed by atoms with E-state index in [1.165, 1.54) is 19.0 Å². The third-order valence-electron chi connectivity index (χ3n) is 5.48. The Hall–Kier alpha value is -2.28. The van der Waals surface area contributed by atoms with E-state index in [9.17, 15) is 9.59 Å². The lowest BCUT2D eigenvalue weighted by molar-refractivity contribution is 0.164. The molecule has 0 aromatic carbocycles. The largest absolute Gasteiger partial charge is 0.311 e. The summed E-state index contributed by atoms with van der Waals surface area (Å²) >= 11 is 0. The summed E-state index contributed by atoms with van der Waals surface area (Å²) < 4.78 is 3.37. The summed E-state index contributed by atoms with van der Waals surface area (Å²) in [5.74, 6) is 1.06. The maximum absolute atomic E-state index is 12.1. The Labute approximate surface area is 152 Å². The number of hydrogen-bond donors (Lipinski definition) is 0. The van der Waals surface area contributed by atoms with Crippen molar-refractivity contribution >= 4 is 0 Å². The van der Waals surface area contributed by atoms with Crippen molar-refractivity contribution in [2.45, 2.75) is 44.7 Å². The van der Waals surface area contributed by atoms with Crippen LogP contribution < -0.4 is 11.1 Å². The molecule has 4 rings (SSSR count). The van der Waals surface area contributed by atoms with E-state index in [0.717, 1.165) is 44.7 Å². The zero-order valence-electron chi connectivity index (χ0n) is 15.0. The van der Waals surface area contributed by atoms with Crippen molar-refractivity contribution < 1.29 is 0 Å². The van der Waals surface area contributed by atoms with Gasteiger partial charge in [0.15, 0.2) is 0 Å². The zero-order chi connectivity index (χ0) is 17.9. The van der Waals surface area contributed by atoms with Gasteiger partial charge >= 0.3 is 0 Å². The van der Waals surface area contributed by atoms with Gasteiger partial charge in [-0.3, -0.25) is 14.6 Å². The van der Waals surface area contributed by atoms with Gasteiger partial charge in [-0.1, -0.05) is 0 Å². The standard InChI is InChI=1S/C19H25N5O2/c25-18-4-3-17(16-1-2-16)21-24(18)14-15-5-8-22(9-6-15)11-12-23-10-7-20-13-19(23)26/h3-4,7,10,13,15-16H,1-2,5-6,8-9,11-12,14H2. The summed E-state index contributed by atoms with van der Waals surface area (Å²) in [5.41, 5.74) is 1.03. The third kappa shape index (κ3) is 4.09. The third-order valence-corrected chi connectivity index (χ3v) is 5.48. The summed E-state index contributed by atoms with van der Waals surface area (Å²) in [4.78, 5) is 30.0. The summed E-state index contributed by atoms with van der Waals surface area (Å²) in [6.45, 7) is 4.28. The first kappa shape index (κ1) is 17.1. The van der Waals surface area contributed by atoms with Gasteiger partial charge in [0, 0.05) is 44.0 Å². The highest BCUT2D eigenvalue weighted by molar-refractivity contribution is 5.12. The molecule has 1 aliphatic carbocycles. The Bertz CT molecular complexity index is 862. The quantitative estimate of drug-likeness (QED) is 0.776. The van der Waals surface area contributed by atoms with Crippen molar-refractivity contribution in [3.8, 4) is 0 Å². The van der Waals surface area contributed by atoms with Crippen molar-refractivity contribution in [2.75, 3.05) is 19.6 Å². The molecule has 1 saturated carbocycles. The van der Waals surface area contributed by atoms with Gasteiger partial charge in [-0.25, -0.2) is 4.68 Å². The molecule has 2 aromatic heterocycles. The molecular formula is C19H25N5O2. The average Bonchev–Trinajstić information content (AvgIpc) is 3.49. The van der Waals surface area contributed by atoms with E-state index in [-0.39, 0.29) is 11.1 Å². The molecule has 1 aliphatic heterocycles. The second-order valence-corrected chi connectivity index (χ2v) is 7.45. The summed E-state index contributed by atoms with van der Waals surface area (Å²) in [5, 5.41) is 4.58. The van der Waals surface area contributed by atoms with Crippen LogP contribution in [-0.2, 0) is 13.1 Å². The number of rotatable bonds is 6. The second kappa shape index (κ2) is 7.53. The molecule has 26 heavy (non-hydrogen) atoms. The fourth-order valence-electron chi connectivity index (χ4n) is 3.64. The van der Waals surface area contributed by atoms with Crippen molar-refractivity contribution in [1.82, 2.24) is 24.2 Å². The molecule has 0 bridgehead atoms. The lowest BCUT2D eigenvalue weighted by Gasteiger charge is -2.32. The van der Waals surface area contributed by atoms with Crippen LogP contribution in [0.4, 0.5) is 0 Å². The molecule has 2 fully saturated rings. The molecule has 138 valence electrons. The van der Waals surface area contributed by atoms with Crippen LogP contribution >= 0.6 is 0 Å². The van der Waals surface area contributed by atoms with E-state index < -0.39 is 0 Å². The summed E-state index contributed by atoms with van der Waals surface area (Å²) in [6.07, 6.45) is 9.26. The smallest absolute Gasteiger partial charge is 0.269 e. The molecule has 7 nitrogen and oxygen atoms in total. The first-order valence-electron chi connectivity index (χ1n) is 9.50. The van der Waals surface area contributed by atoms with E-state index in [0.29, 0.717) is 18.4 Å². The molecule has 7 heteroatoms. The molecule has 2 aliphatic rings. The monoisotopic (exact) mass is 355 g/mol. The van der Waals surface area contributed by atoms with E-state index in [1.807, 2.05) is 6.07 Å². The van der Waals surface area contributed by atoms with Crippen LogP contribution in [-0.4, -0.2) is 43.9 Å². The SMILES string of the molecule is O=c1cnccn1CCN1CCC(Cn2nc(C3CC3)ccc2=O)CC1. The average molecular weight is 355 g/mol. The minimum Gasteiger partial charge on any atom is -0.311 e. The Kier molecular flexibility index (Phi) is 4.97. The lowest BCUT2D eigenvalue weighted by Crippen LogP contribution is -2.39. The highest BCUT2D eigenvalue weighted by atomic mass is 16.1. The van der Waals surface area contributed by atoms with Gasteiger partial charge in [0.2, 0.25) is 0 Å². The first-order chi connectivity index (χ1) is 12.7. The molecule has 0 amide bonds. The van der Waals surface area contributed by atoms with Gasteiger partial charge < -0.3 is 9.47 Å². The number of aromatic nitrogens is 4. The van der Waals surface area contributed by atoms with Crippen LogP contribution in [0.25, 0.3) is 0 Å². The Morgan fingerprint density at radius 2 is 1.81 bits per heavy atom. The van der Waals surface area contributed by atoms with Crippen LogP contribution in [0.1, 0.15) is 37.3 Å². The Morgan fingerprint density at radius 3 is 2.54 bits per heavy atom. The molecule has 0 radical (unpaired) electrons. The van der Waals surface area contributed by atoms with Gasteiger partial charge in [0.05, 0.1) is 11.9 Å². The molecule has 0 atom stereocenters. The maximum Gasteiger partial charge on any atom is 0.269 e. The molecule has 0 unspecified atom stereocenters. The number of nitrogens with zero attached hydrogens (tertiary/aromatic N) is 5. The van der Waals surface area contributed by atoms with Crippen LogP contribution in [0.2, 0.25) is 0 Å². The molecule has 3 heterocycles. The van der Waals surface area contributed by atoms with E-state index in [2.05, 4.69) is 15.0 Å². The van der Waals surface area contributed by atoms with Crippen molar-refractivity contribution in [3.63, 3.8) is 0 Å². The second-order valence-electron chi connectivity index (χ2n) is 7.45. The van der Waals surface area contributed by atoms with Gasteiger partial charge in [-0.15, -0.1) is 0 Å². The van der Waals surface area contributed by atoms with Crippen molar-refractivity contribution in [1.29, 1.82) is 0 Å². The molecule has 2 aromatic rings. The van der Waals surface area contributed by atoms with E-state index in [1.54, 1.807) is 27.7 Å². The van der Waals surface area contributed by atoms with E-state index in [4.69, 9.17) is 0 Å². The van der Waals surface area contributed by atoms with Crippen LogP contribution in [0, 0.1) is 5.92 Å². The fraction of sp³-hybridized carbons (Fsp3) is 0.579. The van der Waals surface area contributed by atoms with E-state index >= 15 is 0 Å². The summed E-state index contributed by atoms with van der Waals surface area (Å²) in [7, 11) is 0. The predicted molar refractivity (Wildman–Crippen MR) is 98.1 cm³/mol. The minimum absolute atomic E-state index is 0.00823. The van der Waals surface area contributed by atoms with Gasteiger partial charge in [-0.2, -0.15) is 5.10 Å². The van der Waals surface area contributed by atoms with Gasteiger partial charge in [0.1, 0.15) is 0 Å². The minimum atomic E-state index is -0.0524. The molecular weight excluding hydrogens is 330 g/mol. The molecule has 1 saturated heterocycles. The topological polar surface area (TPSA) is 73.0 Å². The predicted octanol–water partition coefficient (Wildman–Crippen LogP) is 1.09. The normalized spacial score (nSPS) is 18.9. The lowest BCUT2D eigenvalue weighted by atomic mass is 9.97.